The second-order valence-corrected chi connectivity index (χ2v) is 5.12. The Bertz CT molecular complexity index is 333. The first-order valence-electron chi connectivity index (χ1n) is 4.80. The molecular formula is C9H15N3O2S. The van der Waals surface area contributed by atoms with Gasteiger partial charge in [-0.15, -0.1) is 0 Å². The molecule has 0 aromatic heterocycles. The Morgan fingerprint density at radius 3 is 1.93 bits per heavy atom. The minimum atomic E-state index is -3.29. The molecule has 15 heavy (non-hydrogen) atoms. The summed E-state index contributed by atoms with van der Waals surface area (Å²) in [4.78, 5) is 0. The van der Waals surface area contributed by atoms with Crippen LogP contribution < -0.4 is 0 Å². The van der Waals surface area contributed by atoms with E-state index >= 15 is 0 Å². The van der Waals surface area contributed by atoms with Gasteiger partial charge in [-0.05, 0) is 6.42 Å². The molecule has 0 atom stereocenters. The Morgan fingerprint density at radius 2 is 1.60 bits per heavy atom. The summed E-state index contributed by atoms with van der Waals surface area (Å²) in [6.07, 6.45) is 0.862. The molecule has 0 aromatic carbocycles. The molecule has 0 saturated heterocycles. The minimum absolute atomic E-state index is 0.0733. The normalized spacial score (nSPS) is 10.9. The van der Waals surface area contributed by atoms with Crippen LogP contribution in [0.15, 0.2) is 0 Å². The molecule has 5 nitrogen and oxygen atoms in total. The lowest BCUT2D eigenvalue weighted by Crippen LogP contribution is -2.34. The molecule has 0 bridgehead atoms. The van der Waals surface area contributed by atoms with Gasteiger partial charge in [0.2, 0.25) is 10.0 Å². The molecule has 0 unspecified atom stereocenters. The Kier molecular flexibility index (Phi) is 6.68. The first-order chi connectivity index (χ1) is 7.08. The van der Waals surface area contributed by atoms with Gasteiger partial charge in [-0.2, -0.15) is 14.8 Å². The molecule has 0 heterocycles. The van der Waals surface area contributed by atoms with Crippen molar-refractivity contribution in [1.29, 1.82) is 10.5 Å². The van der Waals surface area contributed by atoms with Crippen LogP contribution in [0.1, 0.15) is 26.2 Å². The Hall–Kier alpha value is -1.11. The van der Waals surface area contributed by atoms with E-state index in [1.165, 1.54) is 4.31 Å². The van der Waals surface area contributed by atoms with Crippen molar-refractivity contribution in [3.8, 4) is 12.1 Å². The van der Waals surface area contributed by atoms with E-state index in [9.17, 15) is 8.42 Å². The van der Waals surface area contributed by atoms with Crippen LogP contribution in [-0.2, 0) is 10.0 Å². The lowest BCUT2D eigenvalue weighted by Gasteiger charge is -2.19. The van der Waals surface area contributed by atoms with Crippen molar-refractivity contribution in [1.82, 2.24) is 4.31 Å². The average molecular weight is 229 g/mol. The van der Waals surface area contributed by atoms with E-state index in [0.717, 1.165) is 0 Å². The maximum atomic E-state index is 11.6. The Labute approximate surface area is 91.0 Å². The van der Waals surface area contributed by atoms with Crippen molar-refractivity contribution in [3.05, 3.63) is 0 Å². The van der Waals surface area contributed by atoms with Gasteiger partial charge in [-0.1, -0.05) is 6.92 Å². The summed E-state index contributed by atoms with van der Waals surface area (Å²) in [7, 11) is -3.29. The highest BCUT2D eigenvalue weighted by atomic mass is 32.2. The van der Waals surface area contributed by atoms with E-state index in [-0.39, 0.29) is 31.7 Å². The van der Waals surface area contributed by atoms with Crippen LogP contribution in [0.4, 0.5) is 0 Å². The summed E-state index contributed by atoms with van der Waals surface area (Å²) in [6, 6.07) is 3.80. The first-order valence-corrected chi connectivity index (χ1v) is 6.41. The maximum absolute atomic E-state index is 11.6. The standard InChI is InChI=1S/C9H15N3O2S/c1-2-9-15(13,14)12(7-3-5-10)8-4-6-11/h2-4,7-9H2,1H3. The number of nitriles is 2. The summed E-state index contributed by atoms with van der Waals surface area (Å²) >= 11 is 0. The van der Waals surface area contributed by atoms with Gasteiger partial charge in [-0.3, -0.25) is 0 Å². The van der Waals surface area contributed by atoms with Gasteiger partial charge < -0.3 is 0 Å². The quantitative estimate of drug-likeness (QED) is 0.648. The van der Waals surface area contributed by atoms with Gasteiger partial charge in [0.1, 0.15) is 0 Å². The van der Waals surface area contributed by atoms with Crippen molar-refractivity contribution < 1.29 is 8.42 Å². The fourth-order valence-electron chi connectivity index (χ4n) is 1.13. The number of hydrogen-bond acceptors (Lipinski definition) is 4. The first kappa shape index (κ1) is 13.9. The molecule has 0 aromatic rings. The third-order valence-corrected chi connectivity index (χ3v) is 3.88. The van der Waals surface area contributed by atoms with Gasteiger partial charge in [0.05, 0.1) is 17.9 Å². The highest BCUT2D eigenvalue weighted by molar-refractivity contribution is 7.89. The van der Waals surface area contributed by atoms with E-state index in [1.807, 2.05) is 12.1 Å². The van der Waals surface area contributed by atoms with Gasteiger partial charge in [0.25, 0.3) is 0 Å². The SMILES string of the molecule is CCCS(=O)(=O)N(CCC#N)CCC#N. The number of rotatable bonds is 7. The van der Waals surface area contributed by atoms with E-state index in [0.29, 0.717) is 6.42 Å². The molecule has 0 fully saturated rings. The van der Waals surface area contributed by atoms with Crippen molar-refractivity contribution >= 4 is 10.0 Å². The van der Waals surface area contributed by atoms with Crippen molar-refractivity contribution in [2.75, 3.05) is 18.8 Å². The second kappa shape index (κ2) is 7.22. The van der Waals surface area contributed by atoms with Crippen LogP contribution in [0.25, 0.3) is 0 Å². The smallest absolute Gasteiger partial charge is 0.212 e. The highest BCUT2D eigenvalue weighted by Crippen LogP contribution is 2.05. The zero-order chi connectivity index (χ0) is 11.7. The summed E-state index contributed by atoms with van der Waals surface area (Å²) in [5.41, 5.74) is 0. The molecule has 84 valence electrons. The highest BCUT2D eigenvalue weighted by Gasteiger charge is 2.19. The largest absolute Gasteiger partial charge is 0.214 e. The molecule has 0 aliphatic heterocycles. The lowest BCUT2D eigenvalue weighted by atomic mass is 10.4. The van der Waals surface area contributed by atoms with Gasteiger partial charge >= 0.3 is 0 Å². The third-order valence-electron chi connectivity index (χ3n) is 1.80. The van der Waals surface area contributed by atoms with Gasteiger partial charge in [0.15, 0.2) is 0 Å². The monoisotopic (exact) mass is 229 g/mol. The van der Waals surface area contributed by atoms with E-state index in [1.54, 1.807) is 6.92 Å². The van der Waals surface area contributed by atoms with Crippen LogP contribution in [0.3, 0.4) is 0 Å². The molecule has 0 aliphatic carbocycles. The maximum Gasteiger partial charge on any atom is 0.214 e. The Morgan fingerprint density at radius 1 is 1.13 bits per heavy atom. The molecule has 0 amide bonds. The molecule has 0 spiro atoms. The molecule has 0 N–H and O–H groups in total. The third kappa shape index (κ3) is 5.36. The van der Waals surface area contributed by atoms with Crippen LogP contribution in [-0.4, -0.2) is 31.6 Å². The molecular weight excluding hydrogens is 214 g/mol. The van der Waals surface area contributed by atoms with E-state index in [4.69, 9.17) is 10.5 Å². The van der Waals surface area contributed by atoms with Crippen molar-refractivity contribution in [2.45, 2.75) is 26.2 Å². The summed E-state index contributed by atoms with van der Waals surface area (Å²) < 4.78 is 24.5. The number of nitrogens with zero attached hydrogens (tertiary/aromatic N) is 3. The zero-order valence-corrected chi connectivity index (χ0v) is 9.63. The molecule has 0 rings (SSSR count). The average Bonchev–Trinajstić information content (AvgIpc) is 2.17. The van der Waals surface area contributed by atoms with Gasteiger partial charge in [-0.25, -0.2) is 8.42 Å². The van der Waals surface area contributed by atoms with Crippen LogP contribution in [0.2, 0.25) is 0 Å². The summed E-state index contributed by atoms with van der Waals surface area (Å²) in [5.74, 6) is 0.0733. The van der Waals surface area contributed by atoms with Crippen LogP contribution in [0, 0.1) is 22.7 Å². The molecule has 0 radical (unpaired) electrons. The number of sulfonamides is 1. The fraction of sp³-hybridized carbons (Fsp3) is 0.778. The fourth-order valence-corrected chi connectivity index (χ4v) is 2.64. The topological polar surface area (TPSA) is 85.0 Å². The molecule has 6 heteroatoms. The van der Waals surface area contributed by atoms with E-state index < -0.39 is 10.0 Å². The van der Waals surface area contributed by atoms with Gasteiger partial charge in [0, 0.05) is 25.9 Å². The second-order valence-electron chi connectivity index (χ2n) is 3.03. The van der Waals surface area contributed by atoms with Crippen molar-refractivity contribution in [3.63, 3.8) is 0 Å². The van der Waals surface area contributed by atoms with Crippen molar-refractivity contribution in [2.24, 2.45) is 0 Å². The van der Waals surface area contributed by atoms with E-state index in [2.05, 4.69) is 0 Å². The predicted molar refractivity (Wildman–Crippen MR) is 56.1 cm³/mol. The molecule has 0 aliphatic rings. The summed E-state index contributed by atoms with van der Waals surface area (Å²) in [6.45, 7) is 2.14. The minimum Gasteiger partial charge on any atom is -0.212 e. The summed E-state index contributed by atoms with van der Waals surface area (Å²) in [5, 5.41) is 16.8. The zero-order valence-electron chi connectivity index (χ0n) is 8.81. The predicted octanol–water partition coefficient (Wildman–Crippen LogP) is 0.856. The van der Waals surface area contributed by atoms with Crippen LogP contribution in [0.5, 0.6) is 0 Å². The molecule has 0 saturated carbocycles. The van der Waals surface area contributed by atoms with Crippen LogP contribution >= 0.6 is 0 Å². The Balaban J connectivity index is 4.48. The lowest BCUT2D eigenvalue weighted by molar-refractivity contribution is 0.424. The number of hydrogen-bond donors (Lipinski definition) is 0.